The first kappa shape index (κ1) is 10.4. The summed E-state index contributed by atoms with van der Waals surface area (Å²) in [6.45, 7) is 0.876. The fraction of sp³-hybridized carbons (Fsp3) is 0.778. The Labute approximate surface area is 84.1 Å². The van der Waals surface area contributed by atoms with Crippen molar-refractivity contribution in [1.82, 2.24) is 5.32 Å². The van der Waals surface area contributed by atoms with Crippen LogP contribution in [-0.2, 0) is 0 Å². The predicted molar refractivity (Wildman–Crippen MR) is 54.9 cm³/mol. The molecule has 1 aliphatic rings. The summed E-state index contributed by atoms with van der Waals surface area (Å²) in [4.78, 5) is 0. The summed E-state index contributed by atoms with van der Waals surface area (Å²) >= 11 is 11.4. The Kier molecular flexibility index (Phi) is 5.05. The Morgan fingerprint density at radius 1 is 1.25 bits per heavy atom. The zero-order chi connectivity index (χ0) is 8.81. The monoisotopic (exact) mass is 207 g/mol. The first-order valence-corrected chi connectivity index (χ1v) is 5.33. The lowest BCUT2D eigenvalue weighted by molar-refractivity contribution is 0.389. The molecule has 0 unspecified atom stereocenters. The van der Waals surface area contributed by atoms with Crippen molar-refractivity contribution in [3.8, 4) is 0 Å². The van der Waals surface area contributed by atoms with E-state index in [4.69, 9.17) is 23.2 Å². The van der Waals surface area contributed by atoms with Gasteiger partial charge in [0.05, 0.1) is 0 Å². The summed E-state index contributed by atoms with van der Waals surface area (Å²) in [7, 11) is 0. The number of nitrogens with one attached hydrogen (secondary N) is 1. The quantitative estimate of drug-likeness (QED) is 0.703. The standard InChI is InChI=1S/C9H15Cl2N/c10-6-1-7-12-9-4-2-8(11)3-5-9/h1,6,8-9,12H,2-5,7H2/b6-1+. The van der Waals surface area contributed by atoms with E-state index >= 15 is 0 Å². The maximum Gasteiger partial charge on any atom is 0.0337 e. The van der Waals surface area contributed by atoms with Crippen LogP contribution in [-0.4, -0.2) is 18.0 Å². The molecular weight excluding hydrogens is 193 g/mol. The topological polar surface area (TPSA) is 12.0 Å². The number of halogens is 2. The van der Waals surface area contributed by atoms with E-state index in [-0.39, 0.29) is 0 Å². The maximum atomic E-state index is 5.98. The minimum atomic E-state index is 0.409. The minimum absolute atomic E-state index is 0.409. The summed E-state index contributed by atoms with van der Waals surface area (Å²) in [5.41, 5.74) is 1.56. The second-order valence-electron chi connectivity index (χ2n) is 3.22. The molecule has 0 atom stereocenters. The van der Waals surface area contributed by atoms with Crippen LogP contribution in [0.4, 0.5) is 0 Å². The van der Waals surface area contributed by atoms with Crippen molar-refractivity contribution in [2.24, 2.45) is 0 Å². The van der Waals surface area contributed by atoms with Crippen molar-refractivity contribution in [2.75, 3.05) is 6.54 Å². The zero-order valence-electron chi connectivity index (χ0n) is 7.10. The van der Waals surface area contributed by atoms with Gasteiger partial charge >= 0.3 is 0 Å². The normalized spacial score (nSPS) is 31.2. The summed E-state index contributed by atoms with van der Waals surface area (Å²) < 4.78 is 0. The van der Waals surface area contributed by atoms with Crippen molar-refractivity contribution < 1.29 is 0 Å². The Balaban J connectivity index is 2.09. The Morgan fingerprint density at radius 3 is 2.50 bits per heavy atom. The average Bonchev–Trinajstić information content (AvgIpc) is 2.09. The van der Waals surface area contributed by atoms with Crippen molar-refractivity contribution in [1.29, 1.82) is 0 Å². The molecule has 1 nitrogen and oxygen atoms in total. The molecule has 1 saturated carbocycles. The third kappa shape index (κ3) is 3.79. The van der Waals surface area contributed by atoms with Crippen LogP contribution in [0, 0.1) is 0 Å². The van der Waals surface area contributed by atoms with Gasteiger partial charge in [0, 0.05) is 23.5 Å². The molecule has 0 aromatic carbocycles. The second-order valence-corrected chi connectivity index (χ2v) is 4.09. The van der Waals surface area contributed by atoms with E-state index in [1.165, 1.54) is 12.8 Å². The van der Waals surface area contributed by atoms with Crippen LogP contribution >= 0.6 is 23.2 Å². The molecule has 1 N–H and O–H groups in total. The fourth-order valence-electron chi connectivity index (χ4n) is 1.54. The van der Waals surface area contributed by atoms with E-state index < -0.39 is 0 Å². The van der Waals surface area contributed by atoms with Gasteiger partial charge in [-0.05, 0) is 25.7 Å². The molecule has 0 spiro atoms. The van der Waals surface area contributed by atoms with E-state index in [1.54, 1.807) is 5.54 Å². The van der Waals surface area contributed by atoms with Crippen LogP contribution in [0.3, 0.4) is 0 Å². The SMILES string of the molecule is Cl/C=C/CNC1CCC(Cl)CC1. The Hall–Kier alpha value is 0.280. The highest BCUT2D eigenvalue weighted by Gasteiger charge is 2.17. The molecule has 0 aliphatic heterocycles. The fourth-order valence-corrected chi connectivity index (χ4v) is 1.88. The average molecular weight is 208 g/mol. The van der Waals surface area contributed by atoms with Gasteiger partial charge in [0.15, 0.2) is 0 Å². The van der Waals surface area contributed by atoms with Crippen LogP contribution in [0.5, 0.6) is 0 Å². The molecule has 12 heavy (non-hydrogen) atoms. The van der Waals surface area contributed by atoms with Gasteiger partial charge in [0.1, 0.15) is 0 Å². The van der Waals surface area contributed by atoms with Crippen molar-refractivity contribution >= 4 is 23.2 Å². The molecule has 1 fully saturated rings. The Bertz CT molecular complexity index is 139. The van der Waals surface area contributed by atoms with E-state index in [0.29, 0.717) is 11.4 Å². The molecule has 0 aromatic rings. The lowest BCUT2D eigenvalue weighted by atomic mass is 9.95. The van der Waals surface area contributed by atoms with Gasteiger partial charge in [-0.1, -0.05) is 17.7 Å². The first-order chi connectivity index (χ1) is 5.83. The largest absolute Gasteiger partial charge is 0.310 e. The van der Waals surface area contributed by atoms with Gasteiger partial charge in [-0.3, -0.25) is 0 Å². The zero-order valence-corrected chi connectivity index (χ0v) is 8.61. The smallest absolute Gasteiger partial charge is 0.0337 e. The van der Waals surface area contributed by atoms with Crippen LogP contribution in [0.15, 0.2) is 11.6 Å². The maximum absolute atomic E-state index is 5.98. The van der Waals surface area contributed by atoms with E-state index in [1.807, 2.05) is 6.08 Å². The Morgan fingerprint density at radius 2 is 1.92 bits per heavy atom. The van der Waals surface area contributed by atoms with Crippen LogP contribution in [0.25, 0.3) is 0 Å². The molecule has 1 aliphatic carbocycles. The summed E-state index contributed by atoms with van der Waals surface area (Å²) in [5.74, 6) is 0. The van der Waals surface area contributed by atoms with Gasteiger partial charge < -0.3 is 5.32 Å². The summed E-state index contributed by atoms with van der Waals surface area (Å²) in [5, 5.41) is 3.82. The number of rotatable bonds is 3. The summed E-state index contributed by atoms with van der Waals surface area (Å²) in [6.07, 6.45) is 6.61. The number of hydrogen-bond donors (Lipinski definition) is 1. The van der Waals surface area contributed by atoms with Crippen molar-refractivity contribution in [3.63, 3.8) is 0 Å². The second kappa shape index (κ2) is 5.85. The molecule has 70 valence electrons. The van der Waals surface area contributed by atoms with Gasteiger partial charge in [0.25, 0.3) is 0 Å². The molecule has 1 rings (SSSR count). The highest BCUT2D eigenvalue weighted by molar-refractivity contribution is 6.25. The van der Waals surface area contributed by atoms with Crippen LogP contribution < -0.4 is 5.32 Å². The first-order valence-electron chi connectivity index (χ1n) is 4.45. The van der Waals surface area contributed by atoms with Gasteiger partial charge in [-0.2, -0.15) is 0 Å². The van der Waals surface area contributed by atoms with Crippen LogP contribution in [0.1, 0.15) is 25.7 Å². The molecule has 0 amide bonds. The lowest BCUT2D eigenvalue weighted by Gasteiger charge is -2.25. The van der Waals surface area contributed by atoms with Gasteiger partial charge in [-0.25, -0.2) is 0 Å². The van der Waals surface area contributed by atoms with E-state index in [0.717, 1.165) is 19.4 Å². The third-order valence-corrected chi connectivity index (χ3v) is 2.88. The van der Waals surface area contributed by atoms with Crippen molar-refractivity contribution in [3.05, 3.63) is 11.6 Å². The third-order valence-electron chi connectivity index (χ3n) is 2.27. The molecule has 3 heteroatoms. The van der Waals surface area contributed by atoms with E-state index in [9.17, 15) is 0 Å². The van der Waals surface area contributed by atoms with Crippen molar-refractivity contribution in [2.45, 2.75) is 37.1 Å². The highest BCUT2D eigenvalue weighted by atomic mass is 35.5. The highest BCUT2D eigenvalue weighted by Crippen LogP contribution is 2.22. The summed E-state index contributed by atoms with van der Waals surface area (Å²) in [6, 6.07) is 0.646. The number of hydrogen-bond acceptors (Lipinski definition) is 1. The van der Waals surface area contributed by atoms with E-state index in [2.05, 4.69) is 5.32 Å². The molecule has 0 radical (unpaired) electrons. The van der Waals surface area contributed by atoms with Gasteiger partial charge in [-0.15, -0.1) is 11.6 Å². The molecule has 0 saturated heterocycles. The van der Waals surface area contributed by atoms with Crippen LogP contribution in [0.2, 0.25) is 0 Å². The number of alkyl halides is 1. The molecule has 0 aromatic heterocycles. The lowest BCUT2D eigenvalue weighted by Crippen LogP contribution is -2.33. The molecule has 0 bridgehead atoms. The van der Waals surface area contributed by atoms with Gasteiger partial charge in [0.2, 0.25) is 0 Å². The molecular formula is C9H15Cl2N. The minimum Gasteiger partial charge on any atom is -0.310 e. The molecule has 0 heterocycles. The predicted octanol–water partition coefficient (Wildman–Crippen LogP) is 2.88.